The van der Waals surface area contributed by atoms with Gasteiger partial charge in [-0.05, 0) is 26.0 Å². The summed E-state index contributed by atoms with van der Waals surface area (Å²) >= 11 is 0. The summed E-state index contributed by atoms with van der Waals surface area (Å²) in [7, 11) is 0. The molecule has 5 heteroatoms. The summed E-state index contributed by atoms with van der Waals surface area (Å²) in [6, 6.07) is 4.50. The largest absolute Gasteiger partial charge is 0.354 e. The third-order valence-electron chi connectivity index (χ3n) is 2.46. The molecule has 0 bridgehead atoms. The molecule has 0 unspecified atom stereocenters. The minimum Gasteiger partial charge on any atom is -0.354 e. The van der Waals surface area contributed by atoms with Crippen molar-refractivity contribution in [3.63, 3.8) is 0 Å². The van der Waals surface area contributed by atoms with Crippen LogP contribution in [0.5, 0.6) is 0 Å². The van der Waals surface area contributed by atoms with Gasteiger partial charge in [0.2, 0.25) is 5.95 Å². The number of hydrogen-bond donors (Lipinski definition) is 1. The Bertz CT molecular complexity index is 570. The van der Waals surface area contributed by atoms with Crippen LogP contribution in [0.2, 0.25) is 0 Å². The Morgan fingerprint density at radius 1 is 1.22 bits per heavy atom. The minimum absolute atomic E-state index is 0.0258. The summed E-state index contributed by atoms with van der Waals surface area (Å²) in [5.41, 5.74) is 0.964. The summed E-state index contributed by atoms with van der Waals surface area (Å²) in [5, 5.41) is 2.87. The maximum atomic E-state index is 13.7. The van der Waals surface area contributed by atoms with Gasteiger partial charge in [0.05, 0.1) is 6.20 Å². The zero-order chi connectivity index (χ0) is 13.1. The fourth-order valence-corrected chi connectivity index (χ4v) is 1.62. The predicted octanol–water partition coefficient (Wildman–Crippen LogP) is 3.16. The molecule has 94 valence electrons. The van der Waals surface area contributed by atoms with Crippen LogP contribution in [0.25, 0.3) is 11.3 Å². The first-order valence-corrected chi connectivity index (χ1v) is 5.64. The van der Waals surface area contributed by atoms with E-state index < -0.39 is 11.6 Å². The van der Waals surface area contributed by atoms with E-state index in [1.54, 1.807) is 12.1 Å². The van der Waals surface area contributed by atoms with E-state index in [1.165, 1.54) is 6.07 Å². The van der Waals surface area contributed by atoms with Crippen LogP contribution in [0.15, 0.2) is 24.4 Å². The Hall–Kier alpha value is -2.04. The summed E-state index contributed by atoms with van der Waals surface area (Å²) in [5.74, 6) is -0.850. The van der Waals surface area contributed by atoms with Gasteiger partial charge in [0.25, 0.3) is 0 Å². The van der Waals surface area contributed by atoms with Crippen molar-refractivity contribution in [2.75, 3.05) is 11.9 Å². The number of hydrogen-bond acceptors (Lipinski definition) is 3. The molecular weight excluding hydrogens is 236 g/mol. The molecule has 0 fully saturated rings. The second kappa shape index (κ2) is 5.08. The van der Waals surface area contributed by atoms with Gasteiger partial charge in [0.15, 0.2) is 5.82 Å². The van der Waals surface area contributed by atoms with E-state index in [0.29, 0.717) is 6.54 Å². The molecule has 0 amide bonds. The van der Waals surface area contributed by atoms with Crippen molar-refractivity contribution < 1.29 is 8.78 Å². The second-order valence-corrected chi connectivity index (χ2v) is 3.90. The van der Waals surface area contributed by atoms with Crippen molar-refractivity contribution in [2.24, 2.45) is 0 Å². The van der Waals surface area contributed by atoms with Crippen LogP contribution in [0.3, 0.4) is 0 Å². The lowest BCUT2D eigenvalue weighted by Crippen LogP contribution is -2.04. The Morgan fingerprint density at radius 3 is 2.72 bits per heavy atom. The lowest BCUT2D eigenvalue weighted by Gasteiger charge is -2.07. The van der Waals surface area contributed by atoms with Crippen molar-refractivity contribution in [1.29, 1.82) is 0 Å². The van der Waals surface area contributed by atoms with Crippen molar-refractivity contribution in [3.8, 4) is 11.3 Å². The highest BCUT2D eigenvalue weighted by Crippen LogP contribution is 2.25. The summed E-state index contributed by atoms with van der Waals surface area (Å²) in [4.78, 5) is 7.78. The Balaban J connectivity index is 2.55. The fourth-order valence-electron chi connectivity index (χ4n) is 1.62. The Kier molecular flexibility index (Phi) is 3.50. The first-order valence-electron chi connectivity index (χ1n) is 5.64. The van der Waals surface area contributed by atoms with Crippen LogP contribution in [0, 0.1) is 18.6 Å². The minimum atomic E-state index is -0.638. The predicted molar refractivity (Wildman–Crippen MR) is 66.3 cm³/mol. The molecule has 0 saturated heterocycles. The topological polar surface area (TPSA) is 37.8 Å². The molecule has 1 aromatic heterocycles. The van der Waals surface area contributed by atoms with Crippen LogP contribution in [-0.4, -0.2) is 16.5 Å². The van der Waals surface area contributed by atoms with Gasteiger partial charge in [-0.25, -0.2) is 18.7 Å². The average molecular weight is 249 g/mol. The van der Waals surface area contributed by atoms with Crippen LogP contribution in [0.1, 0.15) is 12.5 Å². The Morgan fingerprint density at radius 2 is 2.00 bits per heavy atom. The van der Waals surface area contributed by atoms with Crippen LogP contribution in [-0.2, 0) is 0 Å². The molecule has 0 atom stereocenters. The molecule has 2 aromatic rings. The van der Waals surface area contributed by atoms with E-state index in [2.05, 4.69) is 15.3 Å². The van der Waals surface area contributed by atoms with Gasteiger partial charge in [-0.3, -0.25) is 0 Å². The Labute approximate surface area is 104 Å². The summed E-state index contributed by atoms with van der Waals surface area (Å²) < 4.78 is 27.4. The van der Waals surface area contributed by atoms with Crippen molar-refractivity contribution in [1.82, 2.24) is 9.97 Å². The molecule has 18 heavy (non-hydrogen) atoms. The number of anilines is 1. The number of nitrogens with one attached hydrogen (secondary N) is 1. The van der Waals surface area contributed by atoms with Crippen LogP contribution in [0.4, 0.5) is 14.7 Å². The van der Waals surface area contributed by atoms with Crippen molar-refractivity contribution in [2.45, 2.75) is 13.8 Å². The highest BCUT2D eigenvalue weighted by molar-refractivity contribution is 5.62. The first kappa shape index (κ1) is 12.4. The second-order valence-electron chi connectivity index (χ2n) is 3.90. The molecule has 0 saturated carbocycles. The smallest absolute Gasteiger partial charge is 0.223 e. The number of halogens is 2. The molecule has 1 N–H and O–H groups in total. The van der Waals surface area contributed by atoms with Gasteiger partial charge in [0, 0.05) is 12.1 Å². The SMILES string of the molecule is CCNc1ncc(F)c(-c2cc(C)ccc2F)n1. The molecule has 0 spiro atoms. The number of aromatic nitrogens is 2. The van der Waals surface area contributed by atoms with Gasteiger partial charge in [-0.1, -0.05) is 11.6 Å². The highest BCUT2D eigenvalue weighted by Gasteiger charge is 2.13. The van der Waals surface area contributed by atoms with Crippen molar-refractivity contribution in [3.05, 3.63) is 41.6 Å². The molecule has 0 aliphatic rings. The average Bonchev–Trinajstić information content (AvgIpc) is 2.35. The van der Waals surface area contributed by atoms with Crippen LogP contribution >= 0.6 is 0 Å². The van der Waals surface area contributed by atoms with E-state index in [9.17, 15) is 8.78 Å². The lowest BCUT2D eigenvalue weighted by molar-refractivity contribution is 0.607. The highest BCUT2D eigenvalue weighted by atomic mass is 19.1. The molecule has 0 aliphatic carbocycles. The number of aryl methyl sites for hydroxylation is 1. The van der Waals surface area contributed by atoms with Crippen LogP contribution < -0.4 is 5.32 Å². The van der Waals surface area contributed by atoms with Crippen molar-refractivity contribution >= 4 is 5.95 Å². The zero-order valence-corrected chi connectivity index (χ0v) is 10.2. The molecular formula is C13H13F2N3. The molecule has 0 radical (unpaired) electrons. The normalized spacial score (nSPS) is 10.4. The first-order chi connectivity index (χ1) is 8.61. The molecule has 3 nitrogen and oxygen atoms in total. The van der Waals surface area contributed by atoms with Gasteiger partial charge < -0.3 is 5.32 Å². The summed E-state index contributed by atoms with van der Waals surface area (Å²) in [6.45, 7) is 4.30. The quantitative estimate of drug-likeness (QED) is 0.908. The third-order valence-corrected chi connectivity index (χ3v) is 2.46. The maximum Gasteiger partial charge on any atom is 0.223 e. The summed E-state index contributed by atoms with van der Waals surface area (Å²) in [6.07, 6.45) is 1.04. The van der Waals surface area contributed by atoms with Gasteiger partial charge in [-0.2, -0.15) is 0 Å². The van der Waals surface area contributed by atoms with E-state index in [-0.39, 0.29) is 17.2 Å². The molecule has 1 aromatic carbocycles. The van der Waals surface area contributed by atoms with Gasteiger partial charge in [-0.15, -0.1) is 0 Å². The molecule has 2 rings (SSSR count). The fraction of sp³-hybridized carbons (Fsp3) is 0.231. The maximum absolute atomic E-state index is 13.7. The van der Waals surface area contributed by atoms with E-state index in [1.807, 2.05) is 13.8 Å². The number of nitrogens with zero attached hydrogens (tertiary/aromatic N) is 2. The van der Waals surface area contributed by atoms with Gasteiger partial charge in [0.1, 0.15) is 11.5 Å². The van der Waals surface area contributed by atoms with E-state index in [4.69, 9.17) is 0 Å². The third kappa shape index (κ3) is 2.45. The standard InChI is InChI=1S/C13H13F2N3/c1-3-16-13-17-7-11(15)12(18-13)9-6-8(2)4-5-10(9)14/h4-7H,3H2,1-2H3,(H,16,17,18). The van der Waals surface area contributed by atoms with Gasteiger partial charge >= 0.3 is 0 Å². The zero-order valence-electron chi connectivity index (χ0n) is 10.2. The number of rotatable bonds is 3. The lowest BCUT2D eigenvalue weighted by atomic mass is 10.1. The number of benzene rings is 1. The monoisotopic (exact) mass is 249 g/mol. The van der Waals surface area contributed by atoms with E-state index in [0.717, 1.165) is 11.8 Å². The van der Waals surface area contributed by atoms with E-state index >= 15 is 0 Å². The molecule has 0 aliphatic heterocycles. The molecule has 1 heterocycles.